The molecule has 14 aromatic rings. The fraction of sp³-hybridized carbons (Fsp3) is 0. The molecule has 0 unspecified atom stereocenters. The van der Waals surface area contributed by atoms with Gasteiger partial charge in [-0.05, 0) is 103 Å². The summed E-state index contributed by atoms with van der Waals surface area (Å²) in [7, 11) is 0. The van der Waals surface area contributed by atoms with E-state index in [0.717, 1.165) is 77.6 Å². The molecule has 1 aromatic heterocycles. The Labute approximate surface area is 411 Å². The van der Waals surface area contributed by atoms with Gasteiger partial charge in [-0.1, -0.05) is 212 Å². The van der Waals surface area contributed by atoms with Crippen molar-refractivity contribution in [2.75, 3.05) is 9.80 Å². The van der Waals surface area contributed by atoms with Crippen molar-refractivity contribution in [3.8, 4) is 22.3 Å². The fourth-order valence-electron chi connectivity index (χ4n) is 11.3. The summed E-state index contributed by atoms with van der Waals surface area (Å²) < 4.78 is 6.90. The molecular weight excluding hydrogens is 861 g/mol. The molecule has 0 aliphatic heterocycles. The lowest BCUT2D eigenvalue weighted by Gasteiger charge is -2.31. The van der Waals surface area contributed by atoms with Gasteiger partial charge in [0.1, 0.15) is 11.2 Å². The Morgan fingerprint density at radius 2 is 0.732 bits per heavy atom. The molecule has 0 fully saturated rings. The highest BCUT2D eigenvalue weighted by molar-refractivity contribution is 6.30. The van der Waals surface area contributed by atoms with E-state index < -0.39 is 0 Å². The molecule has 3 nitrogen and oxygen atoms in total. The lowest BCUT2D eigenvalue weighted by molar-refractivity contribution is 0.669. The van der Waals surface area contributed by atoms with Gasteiger partial charge < -0.3 is 14.2 Å². The van der Waals surface area contributed by atoms with Crippen molar-refractivity contribution in [2.45, 2.75) is 0 Å². The average molecular weight is 905 g/mol. The molecule has 0 bridgehead atoms. The van der Waals surface area contributed by atoms with Crippen LogP contribution in [0.1, 0.15) is 0 Å². The zero-order chi connectivity index (χ0) is 46.8. The summed E-state index contributed by atoms with van der Waals surface area (Å²) in [6.45, 7) is 0. The van der Waals surface area contributed by atoms with E-state index in [1.165, 1.54) is 54.6 Å². The van der Waals surface area contributed by atoms with E-state index >= 15 is 0 Å². The van der Waals surface area contributed by atoms with Crippen molar-refractivity contribution in [1.82, 2.24) is 0 Å². The number of hydrogen-bond donors (Lipinski definition) is 0. The first-order valence-electron chi connectivity index (χ1n) is 24.3. The van der Waals surface area contributed by atoms with Crippen molar-refractivity contribution in [3.05, 3.63) is 267 Å². The van der Waals surface area contributed by atoms with Gasteiger partial charge >= 0.3 is 0 Å². The number of rotatable bonds is 8. The lowest BCUT2D eigenvalue weighted by atomic mass is 9.87. The molecule has 0 radical (unpaired) electrons. The fourth-order valence-corrected chi connectivity index (χ4v) is 11.3. The van der Waals surface area contributed by atoms with Crippen LogP contribution in [0, 0.1) is 0 Å². The zero-order valence-corrected chi connectivity index (χ0v) is 38.7. The van der Waals surface area contributed by atoms with Crippen LogP contribution in [-0.2, 0) is 0 Å². The summed E-state index contributed by atoms with van der Waals surface area (Å²) in [6.07, 6.45) is 0. The third-order valence-electron chi connectivity index (χ3n) is 14.4. The van der Waals surface area contributed by atoms with E-state index in [9.17, 15) is 0 Å². The van der Waals surface area contributed by atoms with E-state index in [0.29, 0.717) is 0 Å². The average Bonchev–Trinajstić information content (AvgIpc) is 3.84. The van der Waals surface area contributed by atoms with Crippen LogP contribution in [0.3, 0.4) is 0 Å². The Hall–Kier alpha value is -9.44. The van der Waals surface area contributed by atoms with Gasteiger partial charge in [0.15, 0.2) is 0 Å². The van der Waals surface area contributed by atoms with E-state index in [1.807, 2.05) is 0 Å². The van der Waals surface area contributed by atoms with Crippen LogP contribution >= 0.6 is 0 Å². The second-order valence-corrected chi connectivity index (χ2v) is 18.3. The maximum atomic E-state index is 6.90. The number of nitrogens with zero attached hydrogens (tertiary/aromatic N) is 2. The van der Waals surface area contributed by atoms with Crippen molar-refractivity contribution in [2.24, 2.45) is 0 Å². The molecule has 0 saturated heterocycles. The third-order valence-corrected chi connectivity index (χ3v) is 14.4. The molecule has 0 N–H and O–H groups in total. The van der Waals surface area contributed by atoms with Crippen molar-refractivity contribution in [3.63, 3.8) is 0 Å². The highest BCUT2D eigenvalue weighted by Gasteiger charge is 2.27. The van der Waals surface area contributed by atoms with Crippen LogP contribution in [-0.4, -0.2) is 0 Å². The van der Waals surface area contributed by atoms with Gasteiger partial charge in [-0.25, -0.2) is 0 Å². The first-order chi connectivity index (χ1) is 35.3. The van der Waals surface area contributed by atoms with Gasteiger partial charge in [0.25, 0.3) is 0 Å². The van der Waals surface area contributed by atoms with Crippen LogP contribution in [0.25, 0.3) is 98.1 Å². The molecule has 0 atom stereocenters. The summed E-state index contributed by atoms with van der Waals surface area (Å²) in [5.41, 5.74) is 13.1. The molecule has 14 rings (SSSR count). The quantitative estimate of drug-likeness (QED) is 0.142. The SMILES string of the molecule is c1ccc(-c2ccc(N(c3ccccc3)c3ccc(-c4c5ccccc5c(N(c5ccccc5)c5cc6oc7ccc8ccccc8c7c6c6ccccc56)c5ccccc45)c4ccccc34)cc2)cc1. The largest absolute Gasteiger partial charge is 0.456 e. The number of fused-ring (bicyclic) bond motifs is 10. The summed E-state index contributed by atoms with van der Waals surface area (Å²) in [4.78, 5) is 4.87. The van der Waals surface area contributed by atoms with Crippen LogP contribution in [0.5, 0.6) is 0 Å². The second kappa shape index (κ2) is 16.7. The number of anilines is 6. The standard InChI is InChI=1S/C68H44N2O/c1-4-20-45(21-5-1)46-36-39-50(40-37-46)69(48-23-6-2-7-24-48)61-42-41-58(52-28-12-13-29-53(52)61)65-56-32-16-18-34-59(56)68(60-35-19-17-33-57(60)65)70(49-25-8-3-9-26-49)62-44-64-67(55-31-15-14-30-54(55)62)66-51-27-11-10-22-47(51)38-43-63(66)71-64/h1-44H. The lowest BCUT2D eigenvalue weighted by Crippen LogP contribution is -2.12. The minimum atomic E-state index is 0.861. The Morgan fingerprint density at radius 3 is 1.38 bits per heavy atom. The molecular formula is C68H44N2O. The van der Waals surface area contributed by atoms with Gasteiger partial charge in [-0.2, -0.15) is 0 Å². The van der Waals surface area contributed by atoms with E-state index in [4.69, 9.17) is 4.42 Å². The summed E-state index contributed by atoms with van der Waals surface area (Å²) >= 11 is 0. The summed E-state index contributed by atoms with van der Waals surface area (Å²) in [5.74, 6) is 0. The number of hydrogen-bond acceptors (Lipinski definition) is 3. The highest BCUT2D eigenvalue weighted by atomic mass is 16.3. The van der Waals surface area contributed by atoms with Gasteiger partial charge in [-0.15, -0.1) is 0 Å². The Bertz CT molecular complexity index is 4280. The molecule has 71 heavy (non-hydrogen) atoms. The monoisotopic (exact) mass is 904 g/mol. The molecule has 0 spiro atoms. The van der Waals surface area contributed by atoms with Crippen LogP contribution in [0.4, 0.5) is 34.1 Å². The highest BCUT2D eigenvalue weighted by Crippen LogP contribution is 2.53. The van der Waals surface area contributed by atoms with Crippen LogP contribution in [0.15, 0.2) is 271 Å². The van der Waals surface area contributed by atoms with Crippen molar-refractivity contribution in [1.29, 1.82) is 0 Å². The second-order valence-electron chi connectivity index (χ2n) is 18.3. The number of furan rings is 1. The van der Waals surface area contributed by atoms with Gasteiger partial charge in [0.05, 0.1) is 17.1 Å². The predicted molar refractivity (Wildman–Crippen MR) is 301 cm³/mol. The molecule has 1 heterocycles. The molecule has 332 valence electrons. The minimum Gasteiger partial charge on any atom is -0.456 e. The Balaban J connectivity index is 1.01. The van der Waals surface area contributed by atoms with Crippen LogP contribution in [0.2, 0.25) is 0 Å². The molecule has 0 aliphatic rings. The van der Waals surface area contributed by atoms with Crippen LogP contribution < -0.4 is 9.80 Å². The smallest absolute Gasteiger partial charge is 0.138 e. The van der Waals surface area contributed by atoms with Gasteiger partial charge in [0.2, 0.25) is 0 Å². The third kappa shape index (κ3) is 6.59. The van der Waals surface area contributed by atoms with E-state index in [1.54, 1.807) is 0 Å². The van der Waals surface area contributed by atoms with Crippen molar-refractivity contribution >= 4 is 110 Å². The minimum absolute atomic E-state index is 0.861. The van der Waals surface area contributed by atoms with Gasteiger partial charge in [0, 0.05) is 55.4 Å². The number of benzene rings is 13. The molecule has 3 heteroatoms. The Morgan fingerprint density at radius 1 is 0.268 bits per heavy atom. The topological polar surface area (TPSA) is 19.6 Å². The van der Waals surface area contributed by atoms with E-state index in [2.05, 4.69) is 277 Å². The predicted octanol–water partition coefficient (Wildman–Crippen LogP) is 19.6. The summed E-state index contributed by atoms with van der Waals surface area (Å²) in [6, 6.07) is 96.7. The molecule has 0 amide bonds. The maximum absolute atomic E-state index is 6.90. The van der Waals surface area contributed by atoms with Gasteiger partial charge in [-0.3, -0.25) is 0 Å². The molecule has 13 aromatic carbocycles. The van der Waals surface area contributed by atoms with E-state index in [-0.39, 0.29) is 0 Å². The zero-order valence-electron chi connectivity index (χ0n) is 38.7. The molecule has 0 saturated carbocycles. The first kappa shape index (κ1) is 40.6. The van der Waals surface area contributed by atoms with Crippen molar-refractivity contribution < 1.29 is 4.42 Å². The first-order valence-corrected chi connectivity index (χ1v) is 24.3. The maximum Gasteiger partial charge on any atom is 0.138 e. The normalized spacial score (nSPS) is 11.7. The summed E-state index contributed by atoms with van der Waals surface area (Å²) in [5, 5.41) is 14.0. The number of para-hydroxylation sites is 2. The Kier molecular flexibility index (Phi) is 9.53. The molecule has 0 aliphatic carbocycles.